The number of hydrogen-bond donors (Lipinski definition) is 0. The van der Waals surface area contributed by atoms with Gasteiger partial charge in [-0.1, -0.05) is 0 Å². The van der Waals surface area contributed by atoms with Gasteiger partial charge in [0.25, 0.3) is 0 Å². The van der Waals surface area contributed by atoms with Crippen molar-refractivity contribution in [1.82, 2.24) is 19.8 Å². The Morgan fingerprint density at radius 1 is 0.960 bits per heavy atom. The molecule has 0 bridgehead atoms. The predicted octanol–water partition coefficient (Wildman–Crippen LogP) is 0.677. The van der Waals surface area contributed by atoms with Gasteiger partial charge in [0.15, 0.2) is 0 Å². The molecule has 136 valence electrons. The van der Waals surface area contributed by atoms with Gasteiger partial charge in [-0.15, -0.1) is 0 Å². The largest absolute Gasteiger partial charge is 0.354 e. The summed E-state index contributed by atoms with van der Waals surface area (Å²) in [6, 6.07) is 2.10. The highest BCUT2D eigenvalue weighted by Crippen LogP contribution is 2.33. The van der Waals surface area contributed by atoms with Crippen molar-refractivity contribution in [2.75, 3.05) is 69.2 Å². The molecular formula is C18H28N6O. The molecule has 1 aliphatic carbocycles. The van der Waals surface area contributed by atoms with E-state index in [9.17, 15) is 4.79 Å². The van der Waals surface area contributed by atoms with Crippen molar-refractivity contribution >= 4 is 17.5 Å². The zero-order chi connectivity index (χ0) is 17.2. The SMILES string of the molecule is CN1CCN(c2cc(N3CCN(C(=O)CC4CC4)CC3)ncn2)CC1. The molecule has 7 heteroatoms. The van der Waals surface area contributed by atoms with Crippen molar-refractivity contribution < 1.29 is 4.79 Å². The van der Waals surface area contributed by atoms with E-state index in [2.05, 4.69) is 37.8 Å². The summed E-state index contributed by atoms with van der Waals surface area (Å²) in [4.78, 5) is 30.2. The summed E-state index contributed by atoms with van der Waals surface area (Å²) in [6.45, 7) is 7.49. The minimum absolute atomic E-state index is 0.336. The van der Waals surface area contributed by atoms with E-state index < -0.39 is 0 Å². The Balaban J connectivity index is 1.34. The van der Waals surface area contributed by atoms with E-state index in [1.54, 1.807) is 6.33 Å². The molecule has 0 spiro atoms. The van der Waals surface area contributed by atoms with Gasteiger partial charge in [-0.3, -0.25) is 4.79 Å². The van der Waals surface area contributed by atoms with Crippen LogP contribution in [-0.4, -0.2) is 85.1 Å². The number of piperazine rings is 2. The van der Waals surface area contributed by atoms with E-state index in [-0.39, 0.29) is 0 Å². The van der Waals surface area contributed by atoms with Gasteiger partial charge < -0.3 is 19.6 Å². The zero-order valence-corrected chi connectivity index (χ0v) is 15.1. The average Bonchev–Trinajstić information content (AvgIpc) is 3.46. The molecule has 3 fully saturated rings. The fourth-order valence-corrected chi connectivity index (χ4v) is 3.60. The topological polar surface area (TPSA) is 55.8 Å². The van der Waals surface area contributed by atoms with Crippen LogP contribution >= 0.6 is 0 Å². The Labute approximate surface area is 149 Å². The van der Waals surface area contributed by atoms with E-state index in [1.165, 1.54) is 12.8 Å². The third kappa shape index (κ3) is 4.03. The van der Waals surface area contributed by atoms with Gasteiger partial charge >= 0.3 is 0 Å². The van der Waals surface area contributed by atoms with Crippen LogP contribution < -0.4 is 9.80 Å². The lowest BCUT2D eigenvalue weighted by Crippen LogP contribution is -2.49. The maximum Gasteiger partial charge on any atom is 0.222 e. The molecule has 2 saturated heterocycles. The molecule has 3 aliphatic rings. The lowest BCUT2D eigenvalue weighted by molar-refractivity contribution is -0.131. The number of likely N-dealkylation sites (N-methyl/N-ethyl adjacent to an activating group) is 1. The summed E-state index contributed by atoms with van der Waals surface area (Å²) in [7, 11) is 2.16. The summed E-state index contributed by atoms with van der Waals surface area (Å²) >= 11 is 0. The smallest absolute Gasteiger partial charge is 0.222 e. The van der Waals surface area contributed by atoms with Crippen molar-refractivity contribution in [3.05, 3.63) is 12.4 Å². The number of anilines is 2. The molecule has 1 aromatic rings. The number of carbonyl (C=O) groups excluding carboxylic acids is 1. The molecule has 1 saturated carbocycles. The summed E-state index contributed by atoms with van der Waals surface area (Å²) in [6.07, 6.45) is 4.90. The number of nitrogens with zero attached hydrogens (tertiary/aromatic N) is 6. The van der Waals surface area contributed by atoms with Gasteiger partial charge in [-0.25, -0.2) is 9.97 Å². The molecule has 25 heavy (non-hydrogen) atoms. The number of hydrogen-bond acceptors (Lipinski definition) is 6. The van der Waals surface area contributed by atoms with E-state index in [4.69, 9.17) is 0 Å². The molecular weight excluding hydrogens is 316 g/mol. The van der Waals surface area contributed by atoms with E-state index in [1.807, 2.05) is 4.90 Å². The summed E-state index contributed by atoms with van der Waals surface area (Å²) < 4.78 is 0. The Kier molecular flexibility index (Phi) is 4.74. The molecule has 1 amide bonds. The molecule has 0 N–H and O–H groups in total. The quantitative estimate of drug-likeness (QED) is 0.801. The van der Waals surface area contributed by atoms with Crippen molar-refractivity contribution in [2.24, 2.45) is 5.92 Å². The van der Waals surface area contributed by atoms with Gasteiger partial charge in [-0.2, -0.15) is 0 Å². The van der Waals surface area contributed by atoms with Crippen LogP contribution in [0.2, 0.25) is 0 Å². The second kappa shape index (κ2) is 7.15. The van der Waals surface area contributed by atoms with Crippen LogP contribution in [-0.2, 0) is 4.79 Å². The van der Waals surface area contributed by atoms with Gasteiger partial charge in [-0.05, 0) is 25.8 Å². The summed E-state index contributed by atoms with van der Waals surface area (Å²) in [5.74, 6) is 3.00. The minimum Gasteiger partial charge on any atom is -0.354 e. The Hall–Kier alpha value is -1.89. The average molecular weight is 344 g/mol. The van der Waals surface area contributed by atoms with Gasteiger partial charge in [0, 0.05) is 64.8 Å². The highest BCUT2D eigenvalue weighted by Gasteiger charge is 2.29. The van der Waals surface area contributed by atoms with Crippen LogP contribution in [0.25, 0.3) is 0 Å². The predicted molar refractivity (Wildman–Crippen MR) is 97.9 cm³/mol. The highest BCUT2D eigenvalue weighted by atomic mass is 16.2. The number of rotatable bonds is 4. The van der Waals surface area contributed by atoms with E-state index >= 15 is 0 Å². The number of carbonyl (C=O) groups is 1. The summed E-state index contributed by atoms with van der Waals surface area (Å²) in [5.41, 5.74) is 0. The molecule has 4 rings (SSSR count). The lowest BCUT2D eigenvalue weighted by Gasteiger charge is -2.36. The van der Waals surface area contributed by atoms with Crippen LogP contribution in [0.15, 0.2) is 12.4 Å². The minimum atomic E-state index is 0.336. The van der Waals surface area contributed by atoms with Crippen LogP contribution in [0.1, 0.15) is 19.3 Å². The highest BCUT2D eigenvalue weighted by molar-refractivity contribution is 5.77. The molecule has 1 aromatic heterocycles. The van der Waals surface area contributed by atoms with Crippen LogP contribution in [0, 0.1) is 5.92 Å². The second-order valence-electron chi connectivity index (χ2n) is 7.54. The first-order valence-electron chi connectivity index (χ1n) is 9.47. The lowest BCUT2D eigenvalue weighted by atomic mass is 10.2. The van der Waals surface area contributed by atoms with Gasteiger partial charge in [0.2, 0.25) is 5.91 Å². The van der Waals surface area contributed by atoms with Crippen molar-refractivity contribution in [3.8, 4) is 0 Å². The first-order chi connectivity index (χ1) is 12.2. The normalized spacial score (nSPS) is 22.4. The maximum atomic E-state index is 12.2. The van der Waals surface area contributed by atoms with Gasteiger partial charge in [0.05, 0.1) is 0 Å². The molecule has 7 nitrogen and oxygen atoms in total. The summed E-state index contributed by atoms with van der Waals surface area (Å²) in [5, 5.41) is 0. The first-order valence-corrected chi connectivity index (χ1v) is 9.47. The number of aromatic nitrogens is 2. The molecule has 0 unspecified atom stereocenters. The monoisotopic (exact) mass is 344 g/mol. The van der Waals surface area contributed by atoms with Gasteiger partial charge in [0.1, 0.15) is 18.0 Å². The zero-order valence-electron chi connectivity index (χ0n) is 15.1. The molecule has 2 aliphatic heterocycles. The van der Waals surface area contributed by atoms with E-state index in [0.717, 1.165) is 70.4 Å². The van der Waals surface area contributed by atoms with Crippen molar-refractivity contribution in [2.45, 2.75) is 19.3 Å². The first kappa shape index (κ1) is 16.6. The fourth-order valence-electron chi connectivity index (χ4n) is 3.60. The van der Waals surface area contributed by atoms with E-state index in [0.29, 0.717) is 11.8 Å². The maximum absolute atomic E-state index is 12.2. The Morgan fingerprint density at radius 2 is 1.52 bits per heavy atom. The molecule has 0 aromatic carbocycles. The Bertz CT molecular complexity index is 603. The van der Waals surface area contributed by atoms with Crippen molar-refractivity contribution in [1.29, 1.82) is 0 Å². The molecule has 0 atom stereocenters. The standard InChI is InChI=1S/C18H28N6O/c1-21-4-6-22(7-5-21)16-13-17(20-14-19-16)23-8-10-24(11-9-23)18(25)12-15-2-3-15/h13-15H,2-12H2,1H3. The van der Waals surface area contributed by atoms with Crippen LogP contribution in [0.5, 0.6) is 0 Å². The van der Waals surface area contributed by atoms with Crippen molar-refractivity contribution in [3.63, 3.8) is 0 Å². The van der Waals surface area contributed by atoms with Crippen LogP contribution in [0.4, 0.5) is 11.6 Å². The second-order valence-corrected chi connectivity index (χ2v) is 7.54. The third-order valence-electron chi connectivity index (χ3n) is 5.58. The Morgan fingerprint density at radius 3 is 2.08 bits per heavy atom. The fraction of sp³-hybridized carbons (Fsp3) is 0.722. The molecule has 0 radical (unpaired) electrons. The number of amides is 1. The third-order valence-corrected chi connectivity index (χ3v) is 5.58. The van der Waals surface area contributed by atoms with Crippen LogP contribution in [0.3, 0.4) is 0 Å². The molecule has 3 heterocycles.